The summed E-state index contributed by atoms with van der Waals surface area (Å²) in [7, 11) is 1.61. The van der Waals surface area contributed by atoms with Crippen LogP contribution in [0.3, 0.4) is 0 Å². The zero-order valence-electron chi connectivity index (χ0n) is 21.1. The van der Waals surface area contributed by atoms with E-state index >= 15 is 0 Å². The molecular weight excluding hydrogens is 450 g/mol. The van der Waals surface area contributed by atoms with Crippen molar-refractivity contribution in [1.29, 1.82) is 0 Å². The maximum absolute atomic E-state index is 13.3. The quantitative estimate of drug-likeness (QED) is 0.526. The van der Waals surface area contributed by atoms with E-state index in [1.807, 2.05) is 29.2 Å². The molecule has 2 N–H and O–H groups in total. The highest BCUT2D eigenvalue weighted by atomic mass is 16.5. The van der Waals surface area contributed by atoms with E-state index in [4.69, 9.17) is 4.74 Å². The van der Waals surface area contributed by atoms with Gasteiger partial charge in [-0.2, -0.15) is 0 Å². The van der Waals surface area contributed by atoms with Crippen LogP contribution >= 0.6 is 0 Å². The highest BCUT2D eigenvalue weighted by Crippen LogP contribution is 2.42. The van der Waals surface area contributed by atoms with E-state index in [1.54, 1.807) is 7.11 Å². The summed E-state index contributed by atoms with van der Waals surface area (Å²) in [6.07, 6.45) is 1.95. The first-order valence-corrected chi connectivity index (χ1v) is 12.8. The smallest absolute Gasteiger partial charge is 0.322 e. The third-order valence-electron chi connectivity index (χ3n) is 7.65. The fraction of sp³-hybridized carbons (Fsp3) is 0.367. The van der Waals surface area contributed by atoms with Crippen molar-refractivity contribution in [3.05, 3.63) is 83.9 Å². The molecule has 0 bridgehead atoms. The Morgan fingerprint density at radius 1 is 1.00 bits per heavy atom. The van der Waals surface area contributed by atoms with Gasteiger partial charge in [-0.1, -0.05) is 66.2 Å². The van der Waals surface area contributed by atoms with Gasteiger partial charge < -0.3 is 20.1 Å². The average Bonchev–Trinajstić information content (AvgIpc) is 2.88. The molecule has 3 aromatic rings. The van der Waals surface area contributed by atoms with Crippen LogP contribution < -0.4 is 10.1 Å². The third-order valence-corrected chi connectivity index (χ3v) is 7.65. The summed E-state index contributed by atoms with van der Waals surface area (Å²) in [5.41, 5.74) is 5.54. The van der Waals surface area contributed by atoms with Crippen LogP contribution in [0, 0.1) is 6.92 Å². The van der Waals surface area contributed by atoms with Crippen LogP contribution in [0.2, 0.25) is 0 Å². The van der Waals surface area contributed by atoms with Crippen LogP contribution in [0.4, 0.5) is 10.5 Å². The van der Waals surface area contributed by atoms with Crippen molar-refractivity contribution in [2.24, 2.45) is 0 Å². The Balaban J connectivity index is 1.35. The van der Waals surface area contributed by atoms with Gasteiger partial charge in [0.2, 0.25) is 0 Å². The molecule has 2 amide bonds. The third kappa shape index (κ3) is 4.84. The zero-order valence-corrected chi connectivity index (χ0v) is 21.1. The van der Waals surface area contributed by atoms with Gasteiger partial charge in [-0.3, -0.25) is 4.90 Å². The van der Waals surface area contributed by atoms with Crippen LogP contribution in [0.1, 0.15) is 29.9 Å². The molecule has 0 saturated carbocycles. The minimum absolute atomic E-state index is 0.0806. The van der Waals surface area contributed by atoms with Gasteiger partial charge in [0.15, 0.2) is 0 Å². The molecule has 0 aliphatic carbocycles. The lowest BCUT2D eigenvalue weighted by Gasteiger charge is -2.57. The first kappa shape index (κ1) is 24.3. The molecule has 36 heavy (non-hydrogen) atoms. The second-order valence-corrected chi connectivity index (χ2v) is 9.86. The molecule has 2 heterocycles. The number of anilines is 1. The van der Waals surface area contributed by atoms with E-state index in [9.17, 15) is 9.90 Å². The second-order valence-electron chi connectivity index (χ2n) is 9.86. The van der Waals surface area contributed by atoms with Crippen LogP contribution in [0.25, 0.3) is 11.1 Å². The highest BCUT2D eigenvalue weighted by Gasteiger charge is 2.49. The van der Waals surface area contributed by atoms with Gasteiger partial charge in [0, 0.05) is 31.1 Å². The molecule has 2 fully saturated rings. The van der Waals surface area contributed by atoms with Gasteiger partial charge >= 0.3 is 6.03 Å². The number of aliphatic hydroxyl groups excluding tert-OH is 1. The Morgan fingerprint density at radius 3 is 2.53 bits per heavy atom. The van der Waals surface area contributed by atoms with Gasteiger partial charge in [0.05, 0.1) is 19.4 Å². The number of hydrogen-bond acceptors (Lipinski definition) is 4. The largest absolute Gasteiger partial charge is 0.495 e. The van der Waals surface area contributed by atoms with Crippen molar-refractivity contribution in [1.82, 2.24) is 9.80 Å². The molecule has 0 radical (unpaired) electrons. The Bertz CT molecular complexity index is 1200. The Morgan fingerprint density at radius 2 is 1.78 bits per heavy atom. The number of rotatable bonds is 5. The number of aliphatic hydroxyl groups is 1. The zero-order chi connectivity index (χ0) is 25.1. The van der Waals surface area contributed by atoms with Crippen molar-refractivity contribution in [2.75, 3.05) is 38.7 Å². The summed E-state index contributed by atoms with van der Waals surface area (Å²) in [5, 5.41) is 13.3. The fourth-order valence-corrected chi connectivity index (χ4v) is 5.79. The highest BCUT2D eigenvalue weighted by molar-refractivity contribution is 5.91. The van der Waals surface area contributed by atoms with Crippen LogP contribution in [-0.4, -0.2) is 66.4 Å². The number of para-hydroxylation sites is 2. The number of nitrogens with zero attached hydrogens (tertiary/aromatic N) is 2. The summed E-state index contributed by atoms with van der Waals surface area (Å²) in [5.74, 6) is 0.830. The molecule has 2 aliphatic rings. The van der Waals surface area contributed by atoms with Gasteiger partial charge in [0.1, 0.15) is 5.75 Å². The molecule has 6 heteroatoms. The van der Waals surface area contributed by atoms with E-state index in [-0.39, 0.29) is 30.6 Å². The molecule has 0 aromatic heterocycles. The molecule has 3 aromatic carbocycles. The number of amides is 2. The number of ether oxygens (including phenoxy) is 1. The minimum atomic E-state index is -0.109. The molecule has 188 valence electrons. The Labute approximate surface area is 213 Å². The van der Waals surface area contributed by atoms with E-state index in [1.165, 1.54) is 22.3 Å². The molecule has 0 spiro atoms. The number of carbonyl (C=O) groups excluding carboxylic acids is 1. The van der Waals surface area contributed by atoms with Gasteiger partial charge in [-0.05, 0) is 55.1 Å². The first-order valence-electron chi connectivity index (χ1n) is 12.8. The predicted octanol–water partition coefficient (Wildman–Crippen LogP) is 5.13. The van der Waals surface area contributed by atoms with Gasteiger partial charge in [-0.25, -0.2) is 4.79 Å². The van der Waals surface area contributed by atoms with Crippen molar-refractivity contribution in [3.8, 4) is 16.9 Å². The number of hydrogen-bond donors (Lipinski definition) is 2. The van der Waals surface area contributed by atoms with E-state index < -0.39 is 0 Å². The molecule has 5 rings (SSSR count). The standard InChI is InChI=1S/C30H35N3O3/c1-21-8-7-9-24(18-21)22-12-14-23(15-13-22)29-26-19-32(16-5-6-17-33(26)27(29)20-34)30(35)31-25-10-3-4-11-28(25)36-2/h3-4,7-15,18,26-27,29,34H,5-6,16-17,19-20H2,1-2H3,(H,31,35)/t26-,27+,29-/m1/s1. The molecule has 6 nitrogen and oxygen atoms in total. The topological polar surface area (TPSA) is 65.0 Å². The lowest BCUT2D eigenvalue weighted by molar-refractivity contribution is -0.0585. The lowest BCUT2D eigenvalue weighted by Crippen LogP contribution is -2.68. The van der Waals surface area contributed by atoms with E-state index in [0.717, 1.165) is 19.4 Å². The number of carbonyl (C=O) groups is 1. The predicted molar refractivity (Wildman–Crippen MR) is 144 cm³/mol. The maximum atomic E-state index is 13.3. The summed E-state index contributed by atoms with van der Waals surface area (Å²) < 4.78 is 5.41. The number of methoxy groups -OCH3 is 1. The first-order chi connectivity index (χ1) is 17.6. The number of aryl methyl sites for hydroxylation is 1. The molecule has 2 aliphatic heterocycles. The molecule has 2 saturated heterocycles. The fourth-order valence-electron chi connectivity index (χ4n) is 5.79. The van der Waals surface area contributed by atoms with E-state index in [0.29, 0.717) is 24.5 Å². The van der Waals surface area contributed by atoms with Crippen molar-refractivity contribution in [2.45, 2.75) is 37.8 Å². The monoisotopic (exact) mass is 485 g/mol. The molecule has 3 atom stereocenters. The number of urea groups is 1. The van der Waals surface area contributed by atoms with Crippen molar-refractivity contribution >= 4 is 11.7 Å². The number of fused-ring (bicyclic) bond motifs is 1. The van der Waals surface area contributed by atoms with Crippen LogP contribution in [0.5, 0.6) is 5.75 Å². The SMILES string of the molecule is COc1ccccc1NC(=O)N1CCCCN2[C@H](C1)[C@@H](c1ccc(-c3cccc(C)c3)cc1)[C@@H]2CO. The van der Waals surface area contributed by atoms with Crippen molar-refractivity contribution in [3.63, 3.8) is 0 Å². The summed E-state index contributed by atoms with van der Waals surface area (Å²) >= 11 is 0. The summed E-state index contributed by atoms with van der Waals surface area (Å²) in [4.78, 5) is 17.6. The Kier molecular flexibility index (Phi) is 7.25. The molecule has 0 unspecified atom stereocenters. The average molecular weight is 486 g/mol. The van der Waals surface area contributed by atoms with Gasteiger partial charge in [0.25, 0.3) is 0 Å². The van der Waals surface area contributed by atoms with Crippen molar-refractivity contribution < 1.29 is 14.6 Å². The lowest BCUT2D eigenvalue weighted by atomic mass is 9.74. The number of nitrogens with one attached hydrogen (secondary N) is 1. The van der Waals surface area contributed by atoms with Gasteiger partial charge in [-0.15, -0.1) is 0 Å². The maximum Gasteiger partial charge on any atom is 0.322 e. The number of benzene rings is 3. The summed E-state index contributed by atoms with van der Waals surface area (Å²) in [6, 6.07) is 24.9. The second kappa shape index (κ2) is 10.7. The summed E-state index contributed by atoms with van der Waals surface area (Å²) in [6.45, 7) is 4.52. The van der Waals surface area contributed by atoms with Crippen LogP contribution in [0.15, 0.2) is 72.8 Å². The molecular formula is C30H35N3O3. The van der Waals surface area contributed by atoms with E-state index in [2.05, 4.69) is 65.7 Å². The Hall–Kier alpha value is -3.35. The normalized spacial score (nSPS) is 22.1. The minimum Gasteiger partial charge on any atom is -0.495 e. The van der Waals surface area contributed by atoms with Crippen LogP contribution in [-0.2, 0) is 0 Å².